The third-order valence-electron chi connectivity index (χ3n) is 3.45. The minimum Gasteiger partial charge on any atom is -0.480 e. The van der Waals surface area contributed by atoms with E-state index in [1.807, 2.05) is 6.92 Å². The molecule has 1 heterocycles. The summed E-state index contributed by atoms with van der Waals surface area (Å²) in [6.45, 7) is 4.09. The summed E-state index contributed by atoms with van der Waals surface area (Å²) in [6.07, 6.45) is 3.22. The van der Waals surface area contributed by atoms with Crippen LogP contribution in [0, 0.1) is 0 Å². The van der Waals surface area contributed by atoms with E-state index in [1.165, 1.54) is 4.90 Å². The lowest BCUT2D eigenvalue weighted by Crippen LogP contribution is -2.50. The maximum absolute atomic E-state index is 12.0. The zero-order valence-electron chi connectivity index (χ0n) is 10.6. The summed E-state index contributed by atoms with van der Waals surface area (Å²) in [5.41, 5.74) is 4.61. The van der Waals surface area contributed by atoms with Gasteiger partial charge in [0.2, 0.25) is 5.91 Å². The highest BCUT2D eigenvalue weighted by molar-refractivity contribution is 5.87. The van der Waals surface area contributed by atoms with Crippen molar-refractivity contribution in [2.45, 2.75) is 57.5 Å². The molecule has 0 aromatic heterocycles. The van der Waals surface area contributed by atoms with E-state index in [2.05, 4.69) is 0 Å². The van der Waals surface area contributed by atoms with Gasteiger partial charge in [-0.1, -0.05) is 0 Å². The van der Waals surface area contributed by atoms with E-state index >= 15 is 0 Å². The highest BCUT2D eigenvalue weighted by Gasteiger charge is 2.45. The number of hydrogen-bond acceptors (Lipinski definition) is 3. The van der Waals surface area contributed by atoms with Gasteiger partial charge in [-0.3, -0.25) is 4.79 Å². The first kappa shape index (κ1) is 14.0. The Labute approximate surface area is 102 Å². The maximum Gasteiger partial charge on any atom is 0.329 e. The van der Waals surface area contributed by atoms with Crippen LogP contribution in [0.2, 0.25) is 0 Å². The number of aliphatic carboxylic acids is 1. The Morgan fingerprint density at radius 2 is 2.18 bits per heavy atom. The van der Waals surface area contributed by atoms with Crippen molar-refractivity contribution in [3.05, 3.63) is 0 Å². The van der Waals surface area contributed by atoms with Crippen molar-refractivity contribution in [3.8, 4) is 0 Å². The second-order valence-electron chi connectivity index (χ2n) is 5.10. The molecule has 1 rings (SSSR count). The lowest BCUT2D eigenvalue weighted by Gasteiger charge is -2.31. The van der Waals surface area contributed by atoms with E-state index in [4.69, 9.17) is 5.73 Å². The van der Waals surface area contributed by atoms with E-state index < -0.39 is 11.5 Å². The van der Waals surface area contributed by atoms with Crippen molar-refractivity contribution < 1.29 is 14.7 Å². The van der Waals surface area contributed by atoms with Crippen LogP contribution >= 0.6 is 0 Å². The second-order valence-corrected chi connectivity index (χ2v) is 5.10. The summed E-state index contributed by atoms with van der Waals surface area (Å²) in [4.78, 5) is 24.7. The molecule has 0 bridgehead atoms. The fraction of sp³-hybridized carbons (Fsp3) is 0.833. The lowest BCUT2D eigenvalue weighted by molar-refractivity contribution is -0.155. The monoisotopic (exact) mass is 242 g/mol. The van der Waals surface area contributed by atoms with Crippen molar-refractivity contribution in [3.63, 3.8) is 0 Å². The first-order valence-electron chi connectivity index (χ1n) is 6.17. The summed E-state index contributed by atoms with van der Waals surface area (Å²) >= 11 is 0. The minimum absolute atomic E-state index is 0.0620. The molecular formula is C12H22N2O3. The van der Waals surface area contributed by atoms with Crippen LogP contribution in [0.25, 0.3) is 0 Å². The Kier molecular flexibility index (Phi) is 4.51. The molecule has 1 aliphatic rings. The van der Waals surface area contributed by atoms with Crippen molar-refractivity contribution in [2.75, 3.05) is 6.54 Å². The van der Waals surface area contributed by atoms with Gasteiger partial charge in [0.15, 0.2) is 0 Å². The number of carboxylic acid groups (broad SMARTS) is 1. The molecule has 5 heteroatoms. The number of carbonyl (C=O) groups is 2. The number of nitrogens with zero attached hydrogens (tertiary/aromatic N) is 1. The molecule has 1 amide bonds. The van der Waals surface area contributed by atoms with Gasteiger partial charge >= 0.3 is 5.97 Å². The summed E-state index contributed by atoms with van der Waals surface area (Å²) in [7, 11) is 0. The van der Waals surface area contributed by atoms with Gasteiger partial charge in [-0.25, -0.2) is 4.79 Å². The Morgan fingerprint density at radius 3 is 2.71 bits per heavy atom. The molecule has 0 aliphatic carbocycles. The van der Waals surface area contributed by atoms with Crippen LogP contribution in [0.4, 0.5) is 0 Å². The standard InChI is InChI=1S/C12H22N2O3/c1-9(13)5-3-6-10(15)14-8-4-7-12(14,2)11(16)17/h9H,3-8,13H2,1-2H3,(H,16,17). The van der Waals surface area contributed by atoms with Crippen molar-refractivity contribution >= 4 is 11.9 Å². The van der Waals surface area contributed by atoms with E-state index in [9.17, 15) is 14.7 Å². The fourth-order valence-corrected chi connectivity index (χ4v) is 2.30. The molecule has 5 nitrogen and oxygen atoms in total. The van der Waals surface area contributed by atoms with Crippen LogP contribution in [-0.2, 0) is 9.59 Å². The average molecular weight is 242 g/mol. The predicted molar refractivity (Wildman–Crippen MR) is 64.5 cm³/mol. The van der Waals surface area contributed by atoms with Gasteiger partial charge in [0, 0.05) is 19.0 Å². The summed E-state index contributed by atoms with van der Waals surface area (Å²) in [5, 5.41) is 9.19. The molecular weight excluding hydrogens is 220 g/mol. The minimum atomic E-state index is -1.01. The average Bonchev–Trinajstić information content (AvgIpc) is 2.61. The number of carbonyl (C=O) groups excluding carboxylic acids is 1. The van der Waals surface area contributed by atoms with Gasteiger partial charge < -0.3 is 15.7 Å². The molecule has 0 spiro atoms. The first-order valence-corrected chi connectivity index (χ1v) is 6.17. The van der Waals surface area contributed by atoms with Crippen LogP contribution in [0.1, 0.15) is 46.0 Å². The summed E-state index contributed by atoms with van der Waals surface area (Å²) in [6, 6.07) is 0.0900. The number of rotatable bonds is 5. The lowest BCUT2D eigenvalue weighted by atomic mass is 9.99. The van der Waals surface area contributed by atoms with Crippen molar-refractivity contribution in [2.24, 2.45) is 5.73 Å². The van der Waals surface area contributed by atoms with Crippen LogP contribution in [0.5, 0.6) is 0 Å². The molecule has 1 saturated heterocycles. The SMILES string of the molecule is CC(N)CCCC(=O)N1CCCC1(C)C(=O)O. The first-order chi connectivity index (χ1) is 7.88. The Bertz CT molecular complexity index is 304. The Balaban J connectivity index is 2.54. The molecule has 98 valence electrons. The predicted octanol–water partition coefficient (Wildman–Crippen LogP) is 0.970. The molecule has 0 aromatic carbocycles. The van der Waals surface area contributed by atoms with Gasteiger partial charge in [-0.05, 0) is 39.5 Å². The zero-order chi connectivity index (χ0) is 13.1. The van der Waals surface area contributed by atoms with Crippen LogP contribution in [0.3, 0.4) is 0 Å². The highest BCUT2D eigenvalue weighted by Crippen LogP contribution is 2.30. The van der Waals surface area contributed by atoms with Gasteiger partial charge in [-0.15, -0.1) is 0 Å². The third-order valence-corrected chi connectivity index (χ3v) is 3.45. The van der Waals surface area contributed by atoms with Gasteiger partial charge in [0.25, 0.3) is 0 Å². The molecule has 0 radical (unpaired) electrons. The molecule has 2 unspecified atom stereocenters. The number of hydrogen-bond donors (Lipinski definition) is 2. The molecule has 17 heavy (non-hydrogen) atoms. The molecule has 1 aliphatic heterocycles. The smallest absolute Gasteiger partial charge is 0.329 e. The zero-order valence-corrected chi connectivity index (χ0v) is 10.6. The molecule has 2 atom stereocenters. The van der Waals surface area contributed by atoms with Gasteiger partial charge in [0.1, 0.15) is 5.54 Å². The van der Waals surface area contributed by atoms with Gasteiger partial charge in [0.05, 0.1) is 0 Å². The molecule has 1 fully saturated rings. The van der Waals surface area contributed by atoms with Crippen molar-refractivity contribution in [1.29, 1.82) is 0 Å². The second kappa shape index (κ2) is 5.49. The number of carboxylic acids is 1. The largest absolute Gasteiger partial charge is 0.480 e. The normalized spacial score (nSPS) is 25.9. The summed E-state index contributed by atoms with van der Waals surface area (Å²) in [5.74, 6) is -0.969. The fourth-order valence-electron chi connectivity index (χ4n) is 2.30. The Hall–Kier alpha value is -1.10. The molecule has 0 aromatic rings. The van der Waals surface area contributed by atoms with Crippen molar-refractivity contribution in [1.82, 2.24) is 4.90 Å². The molecule has 0 saturated carbocycles. The quantitative estimate of drug-likeness (QED) is 0.752. The van der Waals surface area contributed by atoms with Crippen LogP contribution < -0.4 is 5.73 Å². The van der Waals surface area contributed by atoms with Crippen LogP contribution in [-0.4, -0.2) is 40.0 Å². The van der Waals surface area contributed by atoms with E-state index in [0.29, 0.717) is 19.4 Å². The number of amides is 1. The van der Waals surface area contributed by atoms with E-state index in [-0.39, 0.29) is 11.9 Å². The molecule has 3 N–H and O–H groups in total. The number of likely N-dealkylation sites (tertiary alicyclic amines) is 1. The highest BCUT2D eigenvalue weighted by atomic mass is 16.4. The van der Waals surface area contributed by atoms with Crippen LogP contribution in [0.15, 0.2) is 0 Å². The third kappa shape index (κ3) is 3.19. The van der Waals surface area contributed by atoms with E-state index in [1.54, 1.807) is 6.92 Å². The van der Waals surface area contributed by atoms with E-state index in [0.717, 1.165) is 19.3 Å². The van der Waals surface area contributed by atoms with Gasteiger partial charge in [-0.2, -0.15) is 0 Å². The summed E-state index contributed by atoms with van der Waals surface area (Å²) < 4.78 is 0. The number of nitrogens with two attached hydrogens (primary N) is 1. The maximum atomic E-state index is 12.0. The Morgan fingerprint density at radius 1 is 1.53 bits per heavy atom. The topological polar surface area (TPSA) is 83.6 Å².